The van der Waals surface area contributed by atoms with Gasteiger partial charge in [0.25, 0.3) is 0 Å². The van der Waals surface area contributed by atoms with E-state index in [2.05, 4.69) is 4.98 Å². The van der Waals surface area contributed by atoms with Gasteiger partial charge in [0.1, 0.15) is 0 Å². The molecular weight excluding hydrogens is 543 g/mol. The lowest BCUT2D eigenvalue weighted by atomic mass is 10.0. The van der Waals surface area contributed by atoms with Crippen LogP contribution in [0, 0.1) is 0 Å². The summed E-state index contributed by atoms with van der Waals surface area (Å²) in [6.07, 6.45) is 0. The quantitative estimate of drug-likeness (QED) is 0.231. The predicted molar refractivity (Wildman–Crippen MR) is 151 cm³/mol. The zero-order valence-corrected chi connectivity index (χ0v) is 21.3. The van der Waals surface area contributed by atoms with Gasteiger partial charge in [-0.05, 0) is 72.3 Å². The minimum atomic E-state index is -1.27. The first-order valence-corrected chi connectivity index (χ1v) is 12.4. The maximum absolute atomic E-state index is 13.6. The number of pyridine rings is 2. The van der Waals surface area contributed by atoms with Crippen LogP contribution in [0.25, 0.3) is 43.6 Å². The first-order chi connectivity index (χ1) is 18.6. The fourth-order valence-corrected chi connectivity index (χ4v) is 5.32. The lowest BCUT2D eigenvalue weighted by molar-refractivity contribution is 0.0696. The van der Waals surface area contributed by atoms with Crippen molar-refractivity contribution in [3.05, 3.63) is 114 Å². The van der Waals surface area contributed by atoms with Crippen molar-refractivity contribution < 1.29 is 19.8 Å². The molecule has 6 aromatic rings. The molecule has 0 fully saturated rings. The van der Waals surface area contributed by atoms with E-state index in [9.17, 15) is 29.4 Å². The molecule has 192 valence electrons. The number of aromatic nitrogens is 2. The highest BCUT2D eigenvalue weighted by Gasteiger charge is 2.17. The largest absolute Gasteiger partial charge is 0.478 e. The summed E-state index contributed by atoms with van der Waals surface area (Å²) >= 11 is 12.4. The summed E-state index contributed by atoms with van der Waals surface area (Å²) in [4.78, 5) is 53.7. The number of fused-ring (bicyclic) bond motifs is 4. The summed E-state index contributed by atoms with van der Waals surface area (Å²) in [5.41, 5.74) is 1.33. The van der Waals surface area contributed by atoms with Crippen molar-refractivity contribution in [2.75, 3.05) is 0 Å². The van der Waals surface area contributed by atoms with Gasteiger partial charge in [0, 0.05) is 43.7 Å². The maximum atomic E-state index is 13.6. The standard InChI is InChI=1S/C29H16Cl2N2O6/c30-16-1-3-22-18(8-16)26(34)19-11-25-21(10-23(19)32-22)27(35)20-9-17(31)2-4-24(20)33(25)12-13-5-14(28(36)37)7-15(6-13)29(38)39/h1-11H,12H2,(H,32,34)(H,36,37)(H,38,39). The molecule has 4 aromatic carbocycles. The van der Waals surface area contributed by atoms with Crippen LogP contribution in [-0.2, 0) is 6.54 Å². The van der Waals surface area contributed by atoms with Crippen LogP contribution in [0.5, 0.6) is 0 Å². The van der Waals surface area contributed by atoms with Crippen molar-refractivity contribution in [1.29, 1.82) is 0 Å². The number of nitrogens with zero attached hydrogens (tertiary/aromatic N) is 1. The van der Waals surface area contributed by atoms with E-state index >= 15 is 0 Å². The van der Waals surface area contributed by atoms with Gasteiger partial charge in [-0.25, -0.2) is 9.59 Å². The molecule has 0 atom stereocenters. The smallest absolute Gasteiger partial charge is 0.335 e. The number of aromatic amines is 1. The fourth-order valence-electron chi connectivity index (χ4n) is 4.97. The molecule has 6 rings (SSSR count). The van der Waals surface area contributed by atoms with Gasteiger partial charge in [0.15, 0.2) is 10.9 Å². The van der Waals surface area contributed by atoms with Gasteiger partial charge in [-0.15, -0.1) is 0 Å². The van der Waals surface area contributed by atoms with Crippen LogP contribution >= 0.6 is 23.2 Å². The fraction of sp³-hybridized carbons (Fsp3) is 0.0345. The summed E-state index contributed by atoms with van der Waals surface area (Å²) in [6.45, 7) is 0.0130. The molecule has 0 unspecified atom stereocenters. The number of carbonyl (C=O) groups is 2. The molecule has 0 aliphatic heterocycles. The molecular formula is C29H16Cl2N2O6. The van der Waals surface area contributed by atoms with Crippen molar-refractivity contribution in [1.82, 2.24) is 9.55 Å². The van der Waals surface area contributed by atoms with Gasteiger partial charge >= 0.3 is 11.9 Å². The molecule has 39 heavy (non-hydrogen) atoms. The Morgan fingerprint density at radius 2 is 1.23 bits per heavy atom. The number of H-pyrrole nitrogens is 1. The number of aromatic carboxylic acids is 2. The second-order valence-electron chi connectivity index (χ2n) is 9.16. The van der Waals surface area contributed by atoms with E-state index < -0.39 is 11.9 Å². The Kier molecular flexibility index (Phi) is 5.67. The van der Waals surface area contributed by atoms with Crippen molar-refractivity contribution in [3.8, 4) is 0 Å². The minimum absolute atomic E-state index is 0.0130. The van der Waals surface area contributed by atoms with E-state index in [1.165, 1.54) is 12.1 Å². The molecule has 0 amide bonds. The molecule has 0 saturated carbocycles. The van der Waals surface area contributed by atoms with Crippen molar-refractivity contribution in [2.45, 2.75) is 6.54 Å². The monoisotopic (exact) mass is 558 g/mol. The molecule has 0 radical (unpaired) electrons. The van der Waals surface area contributed by atoms with Crippen LogP contribution in [0.2, 0.25) is 10.0 Å². The van der Waals surface area contributed by atoms with Gasteiger partial charge in [-0.3, -0.25) is 9.59 Å². The third kappa shape index (κ3) is 4.10. The van der Waals surface area contributed by atoms with E-state index in [1.54, 1.807) is 53.1 Å². The summed E-state index contributed by atoms with van der Waals surface area (Å²) in [5, 5.41) is 21.2. The molecule has 0 saturated heterocycles. The number of hydrogen-bond acceptors (Lipinski definition) is 4. The molecule has 0 aliphatic carbocycles. The summed E-state index contributed by atoms with van der Waals surface area (Å²) in [5.74, 6) is -2.55. The first kappa shape index (κ1) is 24.7. The van der Waals surface area contributed by atoms with Gasteiger partial charge < -0.3 is 19.8 Å². The SMILES string of the molecule is O=C(O)c1cc(Cn2c3ccc(Cl)cc3c(=O)c3cc4[nH]c5ccc(Cl)cc5c(=O)c4cc32)cc(C(=O)O)c1. The number of carboxylic acid groups (broad SMARTS) is 2. The molecule has 10 heteroatoms. The Morgan fingerprint density at radius 3 is 1.90 bits per heavy atom. The third-order valence-corrected chi connectivity index (χ3v) is 7.20. The van der Waals surface area contributed by atoms with Crippen LogP contribution in [0.15, 0.2) is 76.3 Å². The summed E-state index contributed by atoms with van der Waals surface area (Å²) in [6, 6.07) is 16.8. The van der Waals surface area contributed by atoms with Crippen LogP contribution in [0.4, 0.5) is 0 Å². The van der Waals surface area contributed by atoms with Crippen LogP contribution in [-0.4, -0.2) is 31.7 Å². The van der Waals surface area contributed by atoms with Gasteiger partial charge in [0.05, 0.1) is 27.7 Å². The van der Waals surface area contributed by atoms with E-state index in [1.807, 2.05) is 0 Å². The topological polar surface area (TPSA) is 129 Å². The van der Waals surface area contributed by atoms with Crippen molar-refractivity contribution in [2.24, 2.45) is 0 Å². The number of nitrogens with one attached hydrogen (secondary N) is 1. The van der Waals surface area contributed by atoms with Crippen molar-refractivity contribution in [3.63, 3.8) is 0 Å². The minimum Gasteiger partial charge on any atom is -0.478 e. The number of hydrogen-bond donors (Lipinski definition) is 3. The molecule has 0 bridgehead atoms. The average Bonchev–Trinajstić information content (AvgIpc) is 2.91. The van der Waals surface area contributed by atoms with E-state index in [0.29, 0.717) is 59.2 Å². The predicted octanol–water partition coefficient (Wildman–Crippen LogP) is 5.90. The highest BCUT2D eigenvalue weighted by Crippen LogP contribution is 2.27. The second kappa shape index (κ2) is 8.97. The number of benzene rings is 4. The number of halogens is 2. The third-order valence-electron chi connectivity index (χ3n) is 6.73. The Bertz CT molecular complexity index is 2150. The first-order valence-electron chi connectivity index (χ1n) is 11.6. The Morgan fingerprint density at radius 1 is 0.667 bits per heavy atom. The normalized spacial score (nSPS) is 11.5. The number of carboxylic acids is 2. The van der Waals surface area contributed by atoms with E-state index in [-0.39, 0.29) is 28.5 Å². The Labute approximate surface area is 228 Å². The molecule has 2 aromatic heterocycles. The highest BCUT2D eigenvalue weighted by molar-refractivity contribution is 6.31. The lowest BCUT2D eigenvalue weighted by Crippen LogP contribution is -2.14. The van der Waals surface area contributed by atoms with Crippen molar-refractivity contribution >= 4 is 78.8 Å². The van der Waals surface area contributed by atoms with E-state index in [0.717, 1.165) is 6.07 Å². The van der Waals surface area contributed by atoms with Gasteiger partial charge in [-0.2, -0.15) is 0 Å². The average molecular weight is 559 g/mol. The highest BCUT2D eigenvalue weighted by atomic mass is 35.5. The lowest BCUT2D eigenvalue weighted by Gasteiger charge is -2.17. The zero-order valence-electron chi connectivity index (χ0n) is 19.8. The summed E-state index contributed by atoms with van der Waals surface area (Å²) < 4.78 is 1.75. The Balaban J connectivity index is 1.73. The van der Waals surface area contributed by atoms with E-state index in [4.69, 9.17) is 23.2 Å². The molecule has 8 nitrogen and oxygen atoms in total. The van der Waals surface area contributed by atoms with Gasteiger partial charge in [-0.1, -0.05) is 23.2 Å². The number of rotatable bonds is 4. The van der Waals surface area contributed by atoms with Crippen LogP contribution in [0.1, 0.15) is 26.3 Å². The second-order valence-corrected chi connectivity index (χ2v) is 10.0. The summed E-state index contributed by atoms with van der Waals surface area (Å²) in [7, 11) is 0. The van der Waals surface area contributed by atoms with Gasteiger partial charge in [0.2, 0.25) is 0 Å². The Hall–Kier alpha value is -4.66. The van der Waals surface area contributed by atoms with Crippen LogP contribution < -0.4 is 10.9 Å². The molecule has 0 spiro atoms. The molecule has 2 heterocycles. The molecule has 0 aliphatic rings. The maximum Gasteiger partial charge on any atom is 0.335 e. The molecule has 3 N–H and O–H groups in total. The van der Waals surface area contributed by atoms with Crippen LogP contribution in [0.3, 0.4) is 0 Å². The zero-order chi connectivity index (χ0) is 27.6.